The van der Waals surface area contributed by atoms with Crippen LogP contribution in [-0.4, -0.2) is 49.4 Å². The Balaban J connectivity index is 1.59. The minimum atomic E-state index is 0.627. The van der Waals surface area contributed by atoms with E-state index in [1.54, 1.807) is 0 Å². The van der Waals surface area contributed by atoms with Crippen molar-refractivity contribution in [1.29, 1.82) is 0 Å². The van der Waals surface area contributed by atoms with Gasteiger partial charge in [-0.2, -0.15) is 0 Å². The molecule has 0 unspecified atom stereocenters. The van der Waals surface area contributed by atoms with Gasteiger partial charge in [0.1, 0.15) is 0 Å². The topological polar surface area (TPSA) is 48.6 Å². The Morgan fingerprint density at radius 3 is 2.77 bits per heavy atom. The van der Waals surface area contributed by atoms with Gasteiger partial charge in [-0.1, -0.05) is 17.7 Å². The van der Waals surface area contributed by atoms with Gasteiger partial charge in [-0.15, -0.1) is 0 Å². The molecule has 1 aromatic carbocycles. The fourth-order valence-electron chi connectivity index (χ4n) is 2.45. The van der Waals surface area contributed by atoms with Crippen molar-refractivity contribution in [2.45, 2.75) is 20.3 Å². The Hall–Kier alpha value is -1.37. The van der Waals surface area contributed by atoms with Crippen molar-refractivity contribution in [3.05, 3.63) is 29.3 Å². The molecule has 6 heteroatoms. The van der Waals surface area contributed by atoms with Gasteiger partial charge in [-0.3, -0.25) is 15.8 Å². The summed E-state index contributed by atoms with van der Waals surface area (Å²) in [7, 11) is 0. The van der Waals surface area contributed by atoms with E-state index >= 15 is 0 Å². The summed E-state index contributed by atoms with van der Waals surface area (Å²) in [6.07, 6.45) is 1.07. The SMILES string of the molecule is Cc1ccc(NNC(=S)NCCCN2CCOCC2)c(C)c1. The first-order valence-corrected chi connectivity index (χ1v) is 8.23. The van der Waals surface area contributed by atoms with Gasteiger partial charge in [0.05, 0.1) is 18.9 Å². The summed E-state index contributed by atoms with van der Waals surface area (Å²) in [4.78, 5) is 2.43. The van der Waals surface area contributed by atoms with E-state index in [9.17, 15) is 0 Å². The molecule has 1 aliphatic rings. The summed E-state index contributed by atoms with van der Waals surface area (Å²) in [6, 6.07) is 6.28. The number of anilines is 1. The van der Waals surface area contributed by atoms with Crippen LogP contribution in [0.5, 0.6) is 0 Å². The lowest BCUT2D eigenvalue weighted by Crippen LogP contribution is -2.41. The third-order valence-corrected chi connectivity index (χ3v) is 3.98. The summed E-state index contributed by atoms with van der Waals surface area (Å²) in [6.45, 7) is 9.91. The molecule has 1 heterocycles. The normalized spacial score (nSPS) is 15.4. The molecule has 1 aliphatic heterocycles. The van der Waals surface area contributed by atoms with Crippen molar-refractivity contribution in [3.8, 4) is 0 Å². The van der Waals surface area contributed by atoms with E-state index in [1.165, 1.54) is 11.1 Å². The minimum Gasteiger partial charge on any atom is -0.379 e. The van der Waals surface area contributed by atoms with Crippen LogP contribution in [0.2, 0.25) is 0 Å². The number of hydrogen-bond donors (Lipinski definition) is 3. The number of rotatable bonds is 6. The van der Waals surface area contributed by atoms with Crippen LogP contribution in [-0.2, 0) is 4.74 Å². The highest BCUT2D eigenvalue weighted by molar-refractivity contribution is 7.80. The van der Waals surface area contributed by atoms with Crippen molar-refractivity contribution in [1.82, 2.24) is 15.6 Å². The third kappa shape index (κ3) is 5.79. The minimum absolute atomic E-state index is 0.627. The molecule has 1 saturated heterocycles. The molecule has 0 aliphatic carbocycles. The lowest BCUT2D eigenvalue weighted by Gasteiger charge is -2.26. The molecular weight excluding hydrogens is 296 g/mol. The average molecular weight is 322 g/mol. The summed E-state index contributed by atoms with van der Waals surface area (Å²) in [5, 5.41) is 3.85. The van der Waals surface area contributed by atoms with Gasteiger partial charge in [-0.05, 0) is 50.7 Å². The van der Waals surface area contributed by atoms with E-state index in [4.69, 9.17) is 17.0 Å². The zero-order valence-electron chi connectivity index (χ0n) is 13.4. The van der Waals surface area contributed by atoms with Crippen LogP contribution >= 0.6 is 12.2 Å². The molecule has 0 amide bonds. The van der Waals surface area contributed by atoms with Crippen LogP contribution < -0.4 is 16.2 Å². The summed E-state index contributed by atoms with van der Waals surface area (Å²) in [5.41, 5.74) is 9.68. The highest BCUT2D eigenvalue weighted by Crippen LogP contribution is 2.14. The van der Waals surface area contributed by atoms with Gasteiger partial charge in [0, 0.05) is 19.6 Å². The number of hydrogen-bond acceptors (Lipinski definition) is 4. The molecule has 1 aromatic rings. The van der Waals surface area contributed by atoms with E-state index in [-0.39, 0.29) is 0 Å². The number of thiocarbonyl (C=S) groups is 1. The van der Waals surface area contributed by atoms with Crippen LogP contribution in [0.3, 0.4) is 0 Å². The Kier molecular flexibility index (Phi) is 6.89. The second kappa shape index (κ2) is 8.92. The second-order valence-corrected chi connectivity index (χ2v) is 6.04. The van der Waals surface area contributed by atoms with E-state index in [2.05, 4.69) is 53.1 Å². The van der Waals surface area contributed by atoms with Crippen molar-refractivity contribution < 1.29 is 4.74 Å². The van der Waals surface area contributed by atoms with Gasteiger partial charge < -0.3 is 10.1 Å². The van der Waals surface area contributed by atoms with Gasteiger partial charge in [0.15, 0.2) is 5.11 Å². The fraction of sp³-hybridized carbons (Fsp3) is 0.562. The van der Waals surface area contributed by atoms with Crippen molar-refractivity contribution in [2.75, 3.05) is 44.8 Å². The highest BCUT2D eigenvalue weighted by Gasteiger charge is 2.09. The predicted octanol–water partition coefficient (Wildman–Crippen LogP) is 1.82. The van der Waals surface area contributed by atoms with Crippen LogP contribution in [0.1, 0.15) is 17.5 Å². The predicted molar refractivity (Wildman–Crippen MR) is 95.2 cm³/mol. The molecule has 1 fully saturated rings. The van der Waals surface area contributed by atoms with Crippen LogP contribution in [0.25, 0.3) is 0 Å². The fourth-order valence-corrected chi connectivity index (χ4v) is 2.60. The number of ether oxygens (including phenoxy) is 1. The van der Waals surface area contributed by atoms with Gasteiger partial charge in [-0.25, -0.2) is 0 Å². The van der Waals surface area contributed by atoms with Crippen LogP contribution in [0.15, 0.2) is 18.2 Å². The molecule has 0 bridgehead atoms. The summed E-state index contributed by atoms with van der Waals surface area (Å²) >= 11 is 5.27. The largest absolute Gasteiger partial charge is 0.379 e. The second-order valence-electron chi connectivity index (χ2n) is 5.63. The van der Waals surface area contributed by atoms with Crippen molar-refractivity contribution in [2.24, 2.45) is 0 Å². The number of nitrogens with one attached hydrogen (secondary N) is 3. The summed E-state index contributed by atoms with van der Waals surface area (Å²) < 4.78 is 5.34. The van der Waals surface area contributed by atoms with Gasteiger partial charge >= 0.3 is 0 Å². The Morgan fingerprint density at radius 2 is 2.05 bits per heavy atom. The lowest BCUT2D eigenvalue weighted by molar-refractivity contribution is 0.0376. The molecule has 0 spiro atoms. The summed E-state index contributed by atoms with van der Waals surface area (Å²) in [5.74, 6) is 0. The molecule has 2 rings (SSSR count). The Bertz CT molecular complexity index is 489. The molecule has 3 N–H and O–H groups in total. The monoisotopic (exact) mass is 322 g/mol. The van der Waals surface area contributed by atoms with Gasteiger partial charge in [0.25, 0.3) is 0 Å². The number of aryl methyl sites for hydroxylation is 2. The molecule has 5 nitrogen and oxygen atoms in total. The zero-order chi connectivity index (χ0) is 15.8. The smallest absolute Gasteiger partial charge is 0.185 e. The molecule has 0 radical (unpaired) electrons. The van der Waals surface area contributed by atoms with Crippen molar-refractivity contribution in [3.63, 3.8) is 0 Å². The molecule has 0 saturated carbocycles. The highest BCUT2D eigenvalue weighted by atomic mass is 32.1. The van der Waals surface area contributed by atoms with Gasteiger partial charge in [0.2, 0.25) is 0 Å². The first kappa shape index (κ1) is 17.0. The van der Waals surface area contributed by atoms with E-state index in [0.717, 1.165) is 51.5 Å². The maximum atomic E-state index is 5.34. The first-order chi connectivity index (χ1) is 10.6. The lowest BCUT2D eigenvalue weighted by atomic mass is 10.1. The molecule has 22 heavy (non-hydrogen) atoms. The van der Waals surface area contributed by atoms with Crippen molar-refractivity contribution >= 4 is 23.0 Å². The van der Waals surface area contributed by atoms with Crippen LogP contribution in [0, 0.1) is 13.8 Å². The molecule has 0 aromatic heterocycles. The number of benzene rings is 1. The third-order valence-electron chi connectivity index (χ3n) is 3.73. The first-order valence-electron chi connectivity index (χ1n) is 7.82. The van der Waals surface area contributed by atoms with E-state index < -0.39 is 0 Å². The average Bonchev–Trinajstić information content (AvgIpc) is 2.52. The number of hydrazine groups is 1. The maximum absolute atomic E-state index is 5.34. The van der Waals surface area contributed by atoms with E-state index in [1.807, 2.05) is 0 Å². The zero-order valence-corrected chi connectivity index (χ0v) is 14.3. The number of nitrogens with zero attached hydrogens (tertiary/aromatic N) is 1. The Labute approximate surface area is 138 Å². The quantitative estimate of drug-likeness (QED) is 0.422. The molecular formula is C16H26N4OS. The molecule has 0 atom stereocenters. The maximum Gasteiger partial charge on any atom is 0.185 e. The molecule has 122 valence electrons. The standard InChI is InChI=1S/C16H26N4OS/c1-13-4-5-15(14(2)12-13)18-19-16(22)17-6-3-7-20-8-10-21-11-9-20/h4-5,12,18H,3,6-11H2,1-2H3,(H2,17,19,22). The number of morpholine rings is 1. The Morgan fingerprint density at radius 1 is 1.27 bits per heavy atom. The van der Waals surface area contributed by atoms with E-state index in [0.29, 0.717) is 5.11 Å². The van der Waals surface area contributed by atoms with Crippen LogP contribution in [0.4, 0.5) is 5.69 Å².